The molecular formula is C13H15IN4O5. The number of aromatic nitrogens is 4. The molecule has 3 rings (SSSR count). The Morgan fingerprint density at radius 2 is 2.09 bits per heavy atom. The van der Waals surface area contributed by atoms with Gasteiger partial charge in [0, 0.05) is 25.0 Å². The van der Waals surface area contributed by atoms with E-state index in [0.717, 1.165) is 0 Å². The number of aliphatic hydroxyl groups excluding tert-OH is 2. The van der Waals surface area contributed by atoms with Gasteiger partial charge in [0.15, 0.2) is 0 Å². The summed E-state index contributed by atoms with van der Waals surface area (Å²) in [7, 11) is 0. The van der Waals surface area contributed by atoms with Crippen LogP contribution in [0.25, 0.3) is 0 Å². The molecule has 124 valence electrons. The predicted molar refractivity (Wildman–Crippen MR) is 87.7 cm³/mol. The summed E-state index contributed by atoms with van der Waals surface area (Å²) in [6.45, 7) is -0.313. The Bertz CT molecular complexity index is 708. The molecule has 1 aliphatic rings. The highest BCUT2D eigenvalue weighted by atomic mass is 127. The fraction of sp³-hybridized carbons (Fsp3) is 0.385. The zero-order valence-electron chi connectivity index (χ0n) is 11.9. The minimum atomic E-state index is -0.818. The van der Waals surface area contributed by atoms with Crippen LogP contribution in [0.15, 0.2) is 40.6 Å². The van der Waals surface area contributed by atoms with Crippen LogP contribution in [0, 0.1) is 3.57 Å². The largest absolute Gasteiger partial charge is 0.394 e. The maximum absolute atomic E-state index is 11.6. The van der Waals surface area contributed by atoms with Crippen molar-refractivity contribution in [1.29, 1.82) is 0 Å². The Kier molecular flexibility index (Phi) is 6.38. The molecule has 0 radical (unpaired) electrons. The molecule has 0 saturated carbocycles. The summed E-state index contributed by atoms with van der Waals surface area (Å²) in [6, 6.07) is 1.78. The van der Waals surface area contributed by atoms with Gasteiger partial charge < -0.3 is 14.9 Å². The van der Waals surface area contributed by atoms with E-state index >= 15 is 0 Å². The smallest absolute Gasteiger partial charge is 0.330 e. The maximum atomic E-state index is 11.6. The molecule has 3 heterocycles. The summed E-state index contributed by atoms with van der Waals surface area (Å²) < 4.78 is 6.89. The van der Waals surface area contributed by atoms with Crippen molar-refractivity contribution in [2.45, 2.75) is 24.9 Å². The summed E-state index contributed by atoms with van der Waals surface area (Å²) in [5.74, 6) is 0. The van der Waals surface area contributed by atoms with Crippen molar-refractivity contribution >= 4 is 22.6 Å². The molecule has 10 heteroatoms. The number of hydrogen-bond donors (Lipinski definition) is 3. The van der Waals surface area contributed by atoms with E-state index in [2.05, 4.69) is 15.0 Å². The van der Waals surface area contributed by atoms with Crippen molar-refractivity contribution in [2.75, 3.05) is 6.61 Å². The van der Waals surface area contributed by atoms with Crippen LogP contribution in [-0.2, 0) is 4.74 Å². The minimum Gasteiger partial charge on any atom is -0.394 e. The number of ether oxygens (including phenoxy) is 1. The highest BCUT2D eigenvalue weighted by molar-refractivity contribution is 14.1. The van der Waals surface area contributed by atoms with Crippen LogP contribution < -0.4 is 11.2 Å². The summed E-state index contributed by atoms with van der Waals surface area (Å²) in [5.41, 5.74) is -1.05. The first kappa shape index (κ1) is 17.7. The first-order chi connectivity index (χ1) is 11.0. The molecule has 3 N–H and O–H groups in total. The lowest BCUT2D eigenvalue weighted by molar-refractivity contribution is -0.0459. The molecule has 9 nitrogen and oxygen atoms in total. The summed E-state index contributed by atoms with van der Waals surface area (Å²) in [6.07, 6.45) is 4.27. The van der Waals surface area contributed by atoms with E-state index in [-0.39, 0.29) is 13.0 Å². The predicted octanol–water partition coefficient (Wildman–Crippen LogP) is -0.742. The third-order valence-electron chi connectivity index (χ3n) is 3.10. The second-order valence-electron chi connectivity index (χ2n) is 4.66. The van der Waals surface area contributed by atoms with Gasteiger partial charge in [-0.25, -0.2) is 14.8 Å². The topological polar surface area (TPSA) is 130 Å². The molecule has 1 saturated heterocycles. The summed E-state index contributed by atoms with van der Waals surface area (Å²) >= 11 is 1.80. The molecule has 1 fully saturated rings. The SMILES string of the molecule is O=c1[nH]c(=O)n([C@H]2C[C@H](O)[C@@H](CO)O2)cc1I.c1cncnc1. The summed E-state index contributed by atoms with van der Waals surface area (Å²) in [5, 5.41) is 18.5. The molecule has 0 spiro atoms. The molecule has 0 amide bonds. The number of aromatic amines is 1. The van der Waals surface area contributed by atoms with E-state index in [1.165, 1.54) is 17.1 Å². The second-order valence-corrected chi connectivity index (χ2v) is 5.82. The molecule has 0 aliphatic carbocycles. The summed E-state index contributed by atoms with van der Waals surface area (Å²) in [4.78, 5) is 32.2. The third kappa shape index (κ3) is 4.67. The van der Waals surface area contributed by atoms with Crippen molar-refractivity contribution in [3.05, 3.63) is 55.4 Å². The maximum Gasteiger partial charge on any atom is 0.330 e. The Labute approximate surface area is 144 Å². The van der Waals surface area contributed by atoms with Crippen LogP contribution in [0.4, 0.5) is 0 Å². The minimum absolute atomic E-state index is 0.202. The van der Waals surface area contributed by atoms with Gasteiger partial charge in [0.1, 0.15) is 18.7 Å². The Hall–Kier alpha value is -1.63. The van der Waals surface area contributed by atoms with Crippen LogP contribution in [0.2, 0.25) is 0 Å². The van der Waals surface area contributed by atoms with Gasteiger partial charge in [-0.05, 0) is 28.7 Å². The molecule has 2 aromatic heterocycles. The number of rotatable bonds is 2. The first-order valence-electron chi connectivity index (χ1n) is 6.68. The number of nitrogens with zero attached hydrogens (tertiary/aromatic N) is 3. The molecule has 3 atom stereocenters. The third-order valence-corrected chi connectivity index (χ3v) is 3.86. The van der Waals surface area contributed by atoms with Crippen molar-refractivity contribution in [2.24, 2.45) is 0 Å². The molecule has 0 bridgehead atoms. The van der Waals surface area contributed by atoms with Gasteiger partial charge in [-0.15, -0.1) is 0 Å². The Morgan fingerprint density at radius 1 is 1.39 bits per heavy atom. The molecule has 2 aromatic rings. The Morgan fingerprint density at radius 3 is 2.57 bits per heavy atom. The van der Waals surface area contributed by atoms with E-state index < -0.39 is 29.7 Å². The lowest BCUT2D eigenvalue weighted by atomic mass is 10.2. The molecular weight excluding hydrogens is 419 g/mol. The highest BCUT2D eigenvalue weighted by Crippen LogP contribution is 2.27. The van der Waals surface area contributed by atoms with Crippen molar-refractivity contribution in [3.8, 4) is 0 Å². The number of halogens is 1. The molecule has 0 aromatic carbocycles. The quantitative estimate of drug-likeness (QED) is 0.531. The highest BCUT2D eigenvalue weighted by Gasteiger charge is 2.35. The van der Waals surface area contributed by atoms with E-state index in [4.69, 9.17) is 9.84 Å². The number of H-pyrrole nitrogens is 1. The van der Waals surface area contributed by atoms with Crippen LogP contribution >= 0.6 is 22.6 Å². The van der Waals surface area contributed by atoms with Gasteiger partial charge in [-0.2, -0.15) is 0 Å². The van der Waals surface area contributed by atoms with Gasteiger partial charge >= 0.3 is 5.69 Å². The molecule has 23 heavy (non-hydrogen) atoms. The number of nitrogens with one attached hydrogen (secondary N) is 1. The van der Waals surface area contributed by atoms with Gasteiger partial charge in [0.25, 0.3) is 5.56 Å². The lowest BCUT2D eigenvalue weighted by Gasteiger charge is -2.14. The normalized spacial score (nSPS) is 23.2. The lowest BCUT2D eigenvalue weighted by Crippen LogP contribution is -2.33. The van der Waals surface area contributed by atoms with Gasteiger partial charge in [-0.1, -0.05) is 0 Å². The van der Waals surface area contributed by atoms with Crippen molar-refractivity contribution in [3.63, 3.8) is 0 Å². The second kappa shape index (κ2) is 8.29. The van der Waals surface area contributed by atoms with Crippen LogP contribution in [0.3, 0.4) is 0 Å². The zero-order valence-corrected chi connectivity index (χ0v) is 14.0. The number of aliphatic hydroxyl groups is 2. The van der Waals surface area contributed by atoms with Crippen LogP contribution in [-0.4, -0.2) is 48.5 Å². The van der Waals surface area contributed by atoms with Gasteiger partial charge in [0.05, 0.1) is 16.3 Å². The first-order valence-corrected chi connectivity index (χ1v) is 7.76. The number of hydrogen-bond acceptors (Lipinski definition) is 7. The van der Waals surface area contributed by atoms with Gasteiger partial charge in [0.2, 0.25) is 0 Å². The molecule has 1 aliphatic heterocycles. The fourth-order valence-corrected chi connectivity index (χ4v) is 2.41. The van der Waals surface area contributed by atoms with Gasteiger partial charge in [-0.3, -0.25) is 14.3 Å². The van der Waals surface area contributed by atoms with E-state index in [0.29, 0.717) is 3.57 Å². The average Bonchev–Trinajstić information content (AvgIpc) is 2.94. The monoisotopic (exact) mass is 434 g/mol. The van der Waals surface area contributed by atoms with Crippen LogP contribution in [0.5, 0.6) is 0 Å². The molecule has 0 unspecified atom stereocenters. The van der Waals surface area contributed by atoms with E-state index in [1.807, 2.05) is 0 Å². The Balaban J connectivity index is 0.000000268. The fourth-order valence-electron chi connectivity index (χ4n) is 1.98. The van der Waals surface area contributed by atoms with E-state index in [9.17, 15) is 14.7 Å². The van der Waals surface area contributed by atoms with Crippen LogP contribution in [0.1, 0.15) is 12.6 Å². The van der Waals surface area contributed by atoms with Crippen molar-refractivity contribution in [1.82, 2.24) is 19.5 Å². The zero-order chi connectivity index (χ0) is 16.8. The van der Waals surface area contributed by atoms with E-state index in [1.54, 1.807) is 41.1 Å². The van der Waals surface area contributed by atoms with Crippen molar-refractivity contribution < 1.29 is 14.9 Å². The average molecular weight is 434 g/mol. The standard InChI is InChI=1S/C9H11IN2O5.C4H4N2/c10-4-2-12(9(16)11-8(4)15)7-1-5(14)6(3-13)17-7;1-2-5-4-6-3-1/h2,5-7,13-14H,1,3H2,(H,11,15,16);1-4H/t5-,6+,7+;/m0./s1.